The lowest BCUT2D eigenvalue weighted by molar-refractivity contribution is -0.132. The van der Waals surface area contributed by atoms with E-state index in [9.17, 15) is 4.79 Å². The van der Waals surface area contributed by atoms with Gasteiger partial charge < -0.3 is 4.74 Å². The van der Waals surface area contributed by atoms with Gasteiger partial charge in [0.1, 0.15) is 0 Å². The molecule has 0 atom stereocenters. The number of esters is 1. The van der Waals surface area contributed by atoms with Gasteiger partial charge in [0, 0.05) is 6.08 Å². The standard InChI is InChI=1S/C15H14O2/c1-2-15(16)17-13-9-4-3-6-10-14-11-7-5-8-12-14/h2-13H,1H2. The molecular weight excluding hydrogens is 212 g/mol. The maximum Gasteiger partial charge on any atom is 0.334 e. The molecule has 2 nitrogen and oxygen atoms in total. The Balaban J connectivity index is 2.33. The summed E-state index contributed by atoms with van der Waals surface area (Å²) in [5, 5.41) is 0. The molecule has 0 aromatic heterocycles. The summed E-state index contributed by atoms with van der Waals surface area (Å²) >= 11 is 0. The van der Waals surface area contributed by atoms with Crippen molar-refractivity contribution in [1.29, 1.82) is 0 Å². The van der Waals surface area contributed by atoms with E-state index in [1.165, 1.54) is 6.26 Å². The first-order chi connectivity index (χ1) is 8.33. The van der Waals surface area contributed by atoms with Crippen LogP contribution in [0.5, 0.6) is 0 Å². The van der Waals surface area contributed by atoms with Gasteiger partial charge in [-0.05, 0) is 11.6 Å². The Morgan fingerprint density at radius 2 is 1.76 bits per heavy atom. The van der Waals surface area contributed by atoms with E-state index in [0.717, 1.165) is 11.6 Å². The van der Waals surface area contributed by atoms with E-state index in [0.29, 0.717) is 0 Å². The Labute approximate surface area is 101 Å². The largest absolute Gasteiger partial charge is 0.431 e. The van der Waals surface area contributed by atoms with Crippen LogP contribution in [0.1, 0.15) is 5.56 Å². The molecular formula is C15H14O2. The molecule has 86 valence electrons. The second kappa shape index (κ2) is 7.88. The van der Waals surface area contributed by atoms with Gasteiger partial charge in [-0.25, -0.2) is 4.79 Å². The first-order valence-electron chi connectivity index (χ1n) is 5.21. The molecule has 1 aromatic carbocycles. The number of benzene rings is 1. The molecule has 0 saturated heterocycles. The van der Waals surface area contributed by atoms with Gasteiger partial charge in [-0.2, -0.15) is 0 Å². The van der Waals surface area contributed by atoms with Crippen LogP contribution in [-0.2, 0) is 9.53 Å². The summed E-state index contributed by atoms with van der Waals surface area (Å²) in [7, 11) is 0. The second-order valence-corrected chi connectivity index (χ2v) is 3.12. The lowest BCUT2D eigenvalue weighted by Gasteiger charge is -1.89. The summed E-state index contributed by atoms with van der Waals surface area (Å²) in [4.78, 5) is 10.7. The zero-order chi connectivity index (χ0) is 12.3. The summed E-state index contributed by atoms with van der Waals surface area (Å²) in [6.45, 7) is 3.28. The Kier molecular flexibility index (Phi) is 5.89. The fourth-order valence-corrected chi connectivity index (χ4v) is 1.06. The lowest BCUT2D eigenvalue weighted by Crippen LogP contribution is -1.91. The summed E-state index contributed by atoms with van der Waals surface area (Å²) < 4.78 is 4.64. The monoisotopic (exact) mass is 226 g/mol. The third-order valence-electron chi connectivity index (χ3n) is 1.85. The third kappa shape index (κ3) is 5.95. The van der Waals surface area contributed by atoms with E-state index < -0.39 is 5.97 Å². The lowest BCUT2D eigenvalue weighted by atomic mass is 10.2. The number of carbonyl (C=O) groups excluding carboxylic acids is 1. The van der Waals surface area contributed by atoms with Gasteiger partial charge in [0.25, 0.3) is 0 Å². The van der Waals surface area contributed by atoms with E-state index in [1.807, 2.05) is 48.6 Å². The van der Waals surface area contributed by atoms with Gasteiger partial charge in [-0.1, -0.05) is 61.2 Å². The smallest absolute Gasteiger partial charge is 0.334 e. The molecule has 1 rings (SSSR count). The molecule has 1 aromatic rings. The van der Waals surface area contributed by atoms with Crippen molar-refractivity contribution in [2.75, 3.05) is 0 Å². The predicted molar refractivity (Wildman–Crippen MR) is 70.0 cm³/mol. The Morgan fingerprint density at radius 3 is 2.47 bits per heavy atom. The normalized spacial score (nSPS) is 11.3. The molecule has 17 heavy (non-hydrogen) atoms. The Bertz CT molecular complexity index is 439. The van der Waals surface area contributed by atoms with Crippen LogP contribution in [-0.4, -0.2) is 5.97 Å². The zero-order valence-electron chi connectivity index (χ0n) is 9.45. The van der Waals surface area contributed by atoms with E-state index in [1.54, 1.807) is 12.2 Å². The minimum Gasteiger partial charge on any atom is -0.431 e. The van der Waals surface area contributed by atoms with E-state index in [-0.39, 0.29) is 0 Å². The topological polar surface area (TPSA) is 26.3 Å². The predicted octanol–water partition coefficient (Wildman–Crippen LogP) is 3.50. The van der Waals surface area contributed by atoms with Crippen LogP contribution in [0.2, 0.25) is 0 Å². The van der Waals surface area contributed by atoms with Gasteiger partial charge in [0.05, 0.1) is 6.26 Å². The van der Waals surface area contributed by atoms with Crippen molar-refractivity contribution in [3.63, 3.8) is 0 Å². The quantitative estimate of drug-likeness (QED) is 0.332. The Morgan fingerprint density at radius 1 is 1.06 bits per heavy atom. The molecule has 0 unspecified atom stereocenters. The summed E-state index contributed by atoms with van der Waals surface area (Å²) in [6.07, 6.45) is 11.6. The van der Waals surface area contributed by atoms with Crippen molar-refractivity contribution in [3.8, 4) is 0 Å². The van der Waals surface area contributed by atoms with Crippen LogP contribution in [0.15, 0.2) is 73.6 Å². The number of hydrogen-bond donors (Lipinski definition) is 0. The average molecular weight is 226 g/mol. The fourth-order valence-electron chi connectivity index (χ4n) is 1.06. The minimum atomic E-state index is -0.463. The van der Waals surface area contributed by atoms with Crippen molar-refractivity contribution in [2.45, 2.75) is 0 Å². The van der Waals surface area contributed by atoms with Gasteiger partial charge >= 0.3 is 5.97 Å². The zero-order valence-corrected chi connectivity index (χ0v) is 9.45. The molecule has 0 aliphatic carbocycles. The SMILES string of the molecule is C=CC(=O)OC=CC=CC=Cc1ccccc1. The maximum atomic E-state index is 10.7. The summed E-state index contributed by atoms with van der Waals surface area (Å²) in [5.74, 6) is -0.463. The van der Waals surface area contributed by atoms with Crippen molar-refractivity contribution in [2.24, 2.45) is 0 Å². The molecule has 0 N–H and O–H groups in total. The highest BCUT2D eigenvalue weighted by atomic mass is 16.5. The third-order valence-corrected chi connectivity index (χ3v) is 1.85. The number of hydrogen-bond acceptors (Lipinski definition) is 2. The minimum absolute atomic E-state index is 0.463. The van der Waals surface area contributed by atoms with Crippen molar-refractivity contribution >= 4 is 12.0 Å². The van der Waals surface area contributed by atoms with Crippen molar-refractivity contribution < 1.29 is 9.53 Å². The molecule has 0 heterocycles. The molecule has 0 aliphatic rings. The number of ether oxygens (including phenoxy) is 1. The molecule has 0 amide bonds. The molecule has 0 fully saturated rings. The molecule has 0 radical (unpaired) electrons. The molecule has 0 spiro atoms. The molecule has 0 bridgehead atoms. The molecule has 0 saturated carbocycles. The average Bonchev–Trinajstić information content (AvgIpc) is 2.38. The van der Waals surface area contributed by atoms with Gasteiger partial charge in [-0.3, -0.25) is 0 Å². The van der Waals surface area contributed by atoms with E-state index >= 15 is 0 Å². The van der Waals surface area contributed by atoms with Gasteiger partial charge in [-0.15, -0.1) is 0 Å². The van der Waals surface area contributed by atoms with Crippen LogP contribution in [0.4, 0.5) is 0 Å². The van der Waals surface area contributed by atoms with Crippen LogP contribution < -0.4 is 0 Å². The highest BCUT2D eigenvalue weighted by Gasteiger charge is 1.86. The first kappa shape index (κ1) is 12.7. The number of carbonyl (C=O) groups is 1. The first-order valence-corrected chi connectivity index (χ1v) is 5.21. The summed E-state index contributed by atoms with van der Waals surface area (Å²) in [6, 6.07) is 9.98. The van der Waals surface area contributed by atoms with Crippen molar-refractivity contribution in [3.05, 3.63) is 79.1 Å². The van der Waals surface area contributed by atoms with E-state index in [2.05, 4.69) is 11.3 Å². The highest BCUT2D eigenvalue weighted by molar-refractivity contribution is 5.81. The van der Waals surface area contributed by atoms with Crippen LogP contribution in [0.3, 0.4) is 0 Å². The molecule has 2 heteroatoms. The second-order valence-electron chi connectivity index (χ2n) is 3.12. The highest BCUT2D eigenvalue weighted by Crippen LogP contribution is 2.00. The number of rotatable bonds is 5. The van der Waals surface area contributed by atoms with Crippen LogP contribution in [0, 0.1) is 0 Å². The molecule has 0 aliphatic heterocycles. The van der Waals surface area contributed by atoms with Crippen molar-refractivity contribution in [1.82, 2.24) is 0 Å². The van der Waals surface area contributed by atoms with Crippen LogP contribution in [0.25, 0.3) is 6.08 Å². The fraction of sp³-hybridized carbons (Fsp3) is 0. The van der Waals surface area contributed by atoms with Gasteiger partial charge in [0.2, 0.25) is 0 Å². The van der Waals surface area contributed by atoms with E-state index in [4.69, 9.17) is 0 Å². The van der Waals surface area contributed by atoms with Crippen LogP contribution >= 0.6 is 0 Å². The Hall–Kier alpha value is -2.35. The van der Waals surface area contributed by atoms with Gasteiger partial charge in [0.15, 0.2) is 0 Å². The summed E-state index contributed by atoms with van der Waals surface area (Å²) in [5.41, 5.74) is 1.14. The maximum absolute atomic E-state index is 10.7. The number of allylic oxidation sites excluding steroid dienone is 4.